The largest absolute Gasteiger partial charge is 0.488 e. The molecule has 0 spiro atoms. The summed E-state index contributed by atoms with van der Waals surface area (Å²) in [5, 5.41) is 4.16. The molecule has 1 aliphatic carbocycles. The smallest absolute Gasteiger partial charge is 0.320 e. The van der Waals surface area contributed by atoms with Gasteiger partial charge in [0, 0.05) is 60.5 Å². The van der Waals surface area contributed by atoms with Crippen molar-refractivity contribution >= 4 is 44.4 Å². The summed E-state index contributed by atoms with van der Waals surface area (Å²) in [4.78, 5) is 25.5. The molecule has 10 heteroatoms. The van der Waals surface area contributed by atoms with Gasteiger partial charge in [0.25, 0.3) is 0 Å². The van der Waals surface area contributed by atoms with Crippen LogP contribution in [-0.2, 0) is 9.53 Å². The molecule has 1 saturated carbocycles. The van der Waals surface area contributed by atoms with Crippen LogP contribution in [0.25, 0.3) is 10.9 Å². The van der Waals surface area contributed by atoms with Crippen molar-refractivity contribution in [3.63, 3.8) is 0 Å². The first-order valence-corrected chi connectivity index (χ1v) is 14.1. The summed E-state index contributed by atoms with van der Waals surface area (Å²) in [6, 6.07) is 11.8. The molecule has 0 unspecified atom stereocenters. The number of ether oxygens (including phenoxy) is 3. The Balaban J connectivity index is 1.21. The number of hydrogen-bond donors (Lipinski definition) is 1. The van der Waals surface area contributed by atoms with Crippen LogP contribution in [0.15, 0.2) is 47.1 Å². The van der Waals surface area contributed by atoms with E-state index in [1.807, 2.05) is 49.5 Å². The number of carbonyl (C=O) groups is 1. The highest BCUT2D eigenvalue weighted by atomic mass is 79.9. The Morgan fingerprint density at radius 3 is 2.66 bits per heavy atom. The minimum Gasteiger partial charge on any atom is -0.488 e. The number of anilines is 2. The van der Waals surface area contributed by atoms with Gasteiger partial charge in [-0.25, -0.2) is 9.97 Å². The highest BCUT2D eigenvalue weighted by Gasteiger charge is 2.23. The molecule has 0 bridgehead atoms. The van der Waals surface area contributed by atoms with Gasteiger partial charge < -0.3 is 19.5 Å². The summed E-state index contributed by atoms with van der Waals surface area (Å²) in [5.74, 6) is 1.83. The first-order chi connectivity index (χ1) is 18.6. The highest BCUT2D eigenvalue weighted by molar-refractivity contribution is 9.10. The fraction of sp³-hybridized carbons (Fsp3) is 0.464. The van der Waals surface area contributed by atoms with E-state index in [4.69, 9.17) is 19.2 Å². The molecule has 2 aromatic carbocycles. The molecule has 9 nitrogen and oxygen atoms in total. The lowest BCUT2D eigenvalue weighted by Crippen LogP contribution is -2.49. The lowest BCUT2D eigenvalue weighted by molar-refractivity contribution is -0.144. The van der Waals surface area contributed by atoms with E-state index in [9.17, 15) is 4.79 Å². The zero-order valence-corrected chi connectivity index (χ0v) is 23.3. The molecule has 1 saturated heterocycles. The quantitative estimate of drug-likeness (QED) is 0.324. The van der Waals surface area contributed by atoms with Crippen LogP contribution in [0.5, 0.6) is 11.5 Å². The molecule has 3 aromatic rings. The maximum Gasteiger partial charge on any atom is 0.320 e. The number of nitrogens with zero attached hydrogens (tertiary/aromatic N) is 4. The van der Waals surface area contributed by atoms with Crippen LogP contribution in [0.4, 0.5) is 11.6 Å². The summed E-state index contributed by atoms with van der Waals surface area (Å²) in [6.07, 6.45) is 5.36. The average molecular weight is 585 g/mol. The topological polar surface area (TPSA) is 89.1 Å². The van der Waals surface area contributed by atoms with Gasteiger partial charge in [0.1, 0.15) is 6.61 Å². The van der Waals surface area contributed by atoms with Crippen LogP contribution in [0.3, 0.4) is 0 Å². The molecule has 0 radical (unpaired) electrons. The fourth-order valence-corrected chi connectivity index (χ4v) is 4.91. The first-order valence-electron chi connectivity index (χ1n) is 13.3. The predicted octanol–water partition coefficient (Wildman–Crippen LogP) is 4.63. The van der Waals surface area contributed by atoms with Gasteiger partial charge >= 0.3 is 5.97 Å². The van der Waals surface area contributed by atoms with E-state index in [0.717, 1.165) is 78.1 Å². The van der Waals surface area contributed by atoms with Crippen LogP contribution < -0.4 is 14.8 Å². The van der Waals surface area contributed by atoms with Crippen LogP contribution in [0.2, 0.25) is 0 Å². The Morgan fingerprint density at radius 1 is 1.11 bits per heavy atom. The third-order valence-corrected chi connectivity index (χ3v) is 7.35. The minimum atomic E-state index is -0.153. The maximum absolute atomic E-state index is 11.7. The second-order valence-corrected chi connectivity index (χ2v) is 10.5. The van der Waals surface area contributed by atoms with Gasteiger partial charge in [-0.05, 0) is 50.5 Å². The molecular formula is C28H34BrN5O4. The van der Waals surface area contributed by atoms with E-state index >= 15 is 0 Å². The van der Waals surface area contributed by atoms with Gasteiger partial charge in [-0.3, -0.25) is 14.6 Å². The Bertz CT molecular complexity index is 1250. The number of nitrogens with one attached hydrogen (secondary N) is 1. The monoisotopic (exact) mass is 583 g/mol. The lowest BCUT2D eigenvalue weighted by atomic mass is 9.96. The van der Waals surface area contributed by atoms with Crippen molar-refractivity contribution in [1.82, 2.24) is 19.8 Å². The number of esters is 1. The van der Waals surface area contributed by atoms with E-state index in [1.165, 1.54) is 6.42 Å². The molecule has 1 aliphatic heterocycles. The second-order valence-electron chi connectivity index (χ2n) is 9.63. The third-order valence-electron chi connectivity index (χ3n) is 6.86. The standard InChI is InChI=1S/C28H34BrN5O4/c1-2-36-27(35)19-34-11-9-33(10-12-34)13-14-37-25-15-20-18-30-28(31-22-6-3-5-21(29)16-22)32-24(20)17-26(25)38-23-7-4-8-23/h3,5-6,15-18,23H,2,4,7-14,19H2,1H3,(H,30,31,32). The molecule has 2 fully saturated rings. The summed E-state index contributed by atoms with van der Waals surface area (Å²) >= 11 is 3.50. The van der Waals surface area contributed by atoms with Gasteiger partial charge in [-0.15, -0.1) is 0 Å². The summed E-state index contributed by atoms with van der Waals surface area (Å²) in [5.41, 5.74) is 1.71. The van der Waals surface area contributed by atoms with Crippen LogP contribution >= 0.6 is 15.9 Å². The zero-order chi connectivity index (χ0) is 26.3. The van der Waals surface area contributed by atoms with Gasteiger partial charge in [0.2, 0.25) is 5.95 Å². The van der Waals surface area contributed by atoms with E-state index < -0.39 is 0 Å². The van der Waals surface area contributed by atoms with Crippen molar-refractivity contribution in [1.29, 1.82) is 0 Å². The molecule has 1 aromatic heterocycles. The Labute approximate surface area is 231 Å². The van der Waals surface area contributed by atoms with Gasteiger partial charge in [0.15, 0.2) is 11.5 Å². The van der Waals surface area contributed by atoms with Gasteiger partial charge in [-0.2, -0.15) is 0 Å². The van der Waals surface area contributed by atoms with Crippen molar-refractivity contribution < 1.29 is 19.0 Å². The Hall–Kier alpha value is -2.95. The lowest BCUT2D eigenvalue weighted by Gasteiger charge is -2.34. The summed E-state index contributed by atoms with van der Waals surface area (Å²) in [6.45, 7) is 7.46. The van der Waals surface area contributed by atoms with Crippen LogP contribution in [0.1, 0.15) is 26.2 Å². The molecule has 2 heterocycles. The zero-order valence-electron chi connectivity index (χ0n) is 21.7. The number of benzene rings is 2. The molecule has 1 N–H and O–H groups in total. The summed E-state index contributed by atoms with van der Waals surface area (Å²) in [7, 11) is 0. The van der Waals surface area contributed by atoms with Crippen molar-refractivity contribution in [3.8, 4) is 11.5 Å². The molecule has 0 atom stereocenters. The number of hydrogen-bond acceptors (Lipinski definition) is 9. The maximum atomic E-state index is 11.7. The number of rotatable bonds is 11. The Kier molecular flexibility index (Phi) is 8.93. The fourth-order valence-electron chi connectivity index (χ4n) is 4.51. The molecule has 38 heavy (non-hydrogen) atoms. The van der Waals surface area contributed by atoms with Crippen molar-refractivity contribution in [3.05, 3.63) is 47.1 Å². The van der Waals surface area contributed by atoms with Crippen molar-refractivity contribution in [2.45, 2.75) is 32.3 Å². The molecule has 5 rings (SSSR count). The van der Waals surface area contributed by atoms with Crippen LogP contribution in [-0.4, -0.2) is 84.3 Å². The Morgan fingerprint density at radius 2 is 1.92 bits per heavy atom. The van der Waals surface area contributed by atoms with Crippen molar-refractivity contribution in [2.75, 3.05) is 57.8 Å². The third kappa shape index (κ3) is 7.12. The second kappa shape index (κ2) is 12.7. The number of piperazine rings is 1. The van der Waals surface area contributed by atoms with Gasteiger partial charge in [-0.1, -0.05) is 22.0 Å². The van der Waals surface area contributed by atoms with Crippen molar-refractivity contribution in [2.24, 2.45) is 0 Å². The molecular weight excluding hydrogens is 550 g/mol. The SMILES string of the molecule is CCOC(=O)CN1CCN(CCOc2cc3cnc(Nc4cccc(Br)c4)nc3cc2OC2CCC2)CC1. The van der Waals surface area contributed by atoms with E-state index in [0.29, 0.717) is 25.7 Å². The van der Waals surface area contributed by atoms with Gasteiger partial charge in [0.05, 0.1) is 24.8 Å². The number of aromatic nitrogens is 2. The molecule has 0 amide bonds. The average Bonchev–Trinajstić information content (AvgIpc) is 2.87. The first kappa shape index (κ1) is 26.6. The number of carbonyl (C=O) groups excluding carboxylic acids is 1. The molecule has 2 aliphatic rings. The van der Waals surface area contributed by atoms with E-state index in [2.05, 4.69) is 36.0 Å². The highest BCUT2D eigenvalue weighted by Crippen LogP contribution is 2.36. The van der Waals surface area contributed by atoms with E-state index in [-0.39, 0.29) is 12.1 Å². The normalized spacial score (nSPS) is 16.7. The molecule has 202 valence electrons. The van der Waals surface area contributed by atoms with E-state index in [1.54, 1.807) is 0 Å². The number of fused-ring (bicyclic) bond motifs is 1. The number of halogens is 1. The summed E-state index contributed by atoms with van der Waals surface area (Å²) < 4.78 is 18.6. The minimum absolute atomic E-state index is 0.153. The predicted molar refractivity (Wildman–Crippen MR) is 150 cm³/mol. The van der Waals surface area contributed by atoms with Crippen LogP contribution in [0, 0.1) is 0 Å².